The second-order valence-corrected chi connectivity index (χ2v) is 12.2. The number of benzene rings is 4. The highest BCUT2D eigenvalue weighted by Gasteiger charge is 2.44. The fourth-order valence-electron chi connectivity index (χ4n) is 5.65. The molecular formula is C33H20F3N3O4S. The number of halogens is 3. The summed E-state index contributed by atoms with van der Waals surface area (Å²) in [6.07, 6.45) is -2.43. The monoisotopic (exact) mass is 611 g/mol. The molecule has 0 spiro atoms. The third-order valence-electron chi connectivity index (χ3n) is 7.81. The first-order valence-corrected chi connectivity index (χ1v) is 14.7. The number of carbonyl (C=O) groups is 1. The molecule has 2 atom stereocenters. The van der Waals surface area contributed by atoms with Crippen LogP contribution < -0.4 is 0 Å². The van der Waals surface area contributed by atoms with Crippen molar-refractivity contribution in [1.82, 2.24) is 3.97 Å². The Labute approximate surface area is 249 Å². The maximum absolute atomic E-state index is 14.9. The van der Waals surface area contributed by atoms with E-state index >= 15 is 0 Å². The van der Waals surface area contributed by atoms with Crippen LogP contribution in [0.25, 0.3) is 33.3 Å². The summed E-state index contributed by atoms with van der Waals surface area (Å²) in [5.41, 5.74) is 0.840. The zero-order chi connectivity index (χ0) is 31.3. The third-order valence-corrected chi connectivity index (χ3v) is 9.54. The fourth-order valence-corrected chi connectivity index (χ4v) is 7.20. The molecule has 5 aromatic rings. The van der Waals surface area contributed by atoms with E-state index in [0.29, 0.717) is 17.5 Å². The lowest BCUT2D eigenvalue weighted by molar-refractivity contribution is -0.138. The second kappa shape index (κ2) is 10.7. The summed E-state index contributed by atoms with van der Waals surface area (Å²) in [7, 11) is -4.58. The molecule has 0 saturated heterocycles. The molecule has 4 aromatic carbocycles. The molecule has 1 N–H and O–H groups in total. The summed E-state index contributed by atoms with van der Waals surface area (Å²) < 4.78 is 71.2. The van der Waals surface area contributed by atoms with Crippen molar-refractivity contribution >= 4 is 26.9 Å². The Balaban J connectivity index is 1.75. The quantitative estimate of drug-likeness (QED) is 0.207. The number of carboxylic acids is 1. The van der Waals surface area contributed by atoms with Gasteiger partial charge in [0.2, 0.25) is 0 Å². The molecule has 1 aliphatic rings. The van der Waals surface area contributed by atoms with Gasteiger partial charge in [-0.25, -0.2) is 25.6 Å². The maximum Gasteiger partial charge on any atom is 0.307 e. The van der Waals surface area contributed by atoms with E-state index in [0.717, 1.165) is 40.4 Å². The Bertz CT molecular complexity index is 2150. The molecule has 7 nitrogen and oxygen atoms in total. The number of alkyl halides is 2. The van der Waals surface area contributed by atoms with Crippen LogP contribution >= 0.6 is 0 Å². The summed E-state index contributed by atoms with van der Waals surface area (Å²) >= 11 is 0. The molecule has 44 heavy (non-hydrogen) atoms. The highest BCUT2D eigenvalue weighted by Crippen LogP contribution is 2.50. The number of aliphatic carboxylic acids is 1. The van der Waals surface area contributed by atoms with Gasteiger partial charge in [0.05, 0.1) is 45.3 Å². The lowest BCUT2D eigenvalue weighted by Gasteiger charge is -2.16. The third kappa shape index (κ3) is 4.68. The predicted octanol–water partition coefficient (Wildman–Crippen LogP) is 7.22. The van der Waals surface area contributed by atoms with E-state index < -0.39 is 34.2 Å². The first kappa shape index (κ1) is 28.7. The van der Waals surface area contributed by atoms with Crippen LogP contribution in [0.2, 0.25) is 0 Å². The summed E-state index contributed by atoms with van der Waals surface area (Å²) in [4.78, 5) is 11.3. The van der Waals surface area contributed by atoms with Crippen LogP contribution in [0.5, 0.6) is 0 Å². The fraction of sp³-hybridized carbons (Fsp3) is 0.121. The lowest BCUT2D eigenvalue weighted by atomic mass is 9.90. The van der Waals surface area contributed by atoms with Gasteiger partial charge in [0.1, 0.15) is 5.82 Å². The first-order chi connectivity index (χ1) is 21.1. The molecule has 1 aliphatic carbocycles. The van der Waals surface area contributed by atoms with Crippen LogP contribution in [-0.4, -0.2) is 23.5 Å². The van der Waals surface area contributed by atoms with Crippen molar-refractivity contribution in [3.63, 3.8) is 0 Å². The average Bonchev–Trinajstić information content (AvgIpc) is 3.76. The minimum absolute atomic E-state index is 0.00267. The van der Waals surface area contributed by atoms with E-state index in [1.54, 1.807) is 24.3 Å². The van der Waals surface area contributed by atoms with E-state index in [-0.39, 0.29) is 55.2 Å². The van der Waals surface area contributed by atoms with Crippen LogP contribution in [0.4, 0.5) is 13.2 Å². The molecule has 218 valence electrons. The molecule has 2 unspecified atom stereocenters. The Morgan fingerprint density at radius 1 is 0.909 bits per heavy atom. The molecule has 1 heterocycles. The highest BCUT2D eigenvalue weighted by atomic mass is 32.2. The topological polar surface area (TPSA) is 124 Å². The summed E-state index contributed by atoms with van der Waals surface area (Å²) in [5, 5.41) is 29.7. The number of carboxylic acid groups (broad SMARTS) is 1. The van der Waals surface area contributed by atoms with Gasteiger partial charge in [-0.2, -0.15) is 10.5 Å². The number of fused-ring (bicyclic) bond motifs is 1. The predicted molar refractivity (Wildman–Crippen MR) is 155 cm³/mol. The molecule has 1 fully saturated rings. The SMILES string of the molecule is N#Cc1cccc(C#N)c1-c1c(-c2cccc(C3CC3C(=O)O)c2)n(S(=O)(=O)c2ccc(C(F)F)cc2)c2ccc(F)cc12. The summed E-state index contributed by atoms with van der Waals surface area (Å²) in [6, 6.07) is 22.7. The lowest BCUT2D eigenvalue weighted by Crippen LogP contribution is -2.14. The molecule has 11 heteroatoms. The summed E-state index contributed by atoms with van der Waals surface area (Å²) in [5.74, 6) is -2.58. The molecule has 6 rings (SSSR count). The minimum atomic E-state index is -4.58. The maximum atomic E-state index is 14.9. The second-order valence-electron chi connectivity index (χ2n) is 10.4. The Kier molecular flexibility index (Phi) is 6.99. The first-order valence-electron chi connectivity index (χ1n) is 13.3. The van der Waals surface area contributed by atoms with Gasteiger partial charge in [-0.1, -0.05) is 36.4 Å². The standard InChI is InChI=1S/C33H20F3N3O4S/c34-23-9-12-28-27(14-23)30(29-21(16-37)5-2-6-22(29)17-38)31(20-4-1-3-19(13-20)25-15-26(25)33(40)41)39(28)44(42,43)24-10-7-18(8-11-24)32(35)36/h1-14,25-26,32H,15H2,(H,40,41). The minimum Gasteiger partial charge on any atom is -0.481 e. The molecule has 0 bridgehead atoms. The van der Waals surface area contributed by atoms with Crippen molar-refractivity contribution < 1.29 is 31.5 Å². The molecular weight excluding hydrogens is 591 g/mol. The van der Waals surface area contributed by atoms with Crippen molar-refractivity contribution in [1.29, 1.82) is 10.5 Å². The van der Waals surface area contributed by atoms with Gasteiger partial charge < -0.3 is 5.11 Å². The van der Waals surface area contributed by atoms with Gasteiger partial charge in [0, 0.05) is 27.6 Å². The summed E-state index contributed by atoms with van der Waals surface area (Å²) in [6.45, 7) is 0. The van der Waals surface area contributed by atoms with Gasteiger partial charge in [-0.05, 0) is 66.4 Å². The number of hydrogen-bond acceptors (Lipinski definition) is 5. The molecule has 0 aliphatic heterocycles. The van der Waals surface area contributed by atoms with Crippen LogP contribution in [0.15, 0.2) is 89.8 Å². The smallest absolute Gasteiger partial charge is 0.307 e. The highest BCUT2D eigenvalue weighted by molar-refractivity contribution is 7.90. The van der Waals surface area contributed by atoms with Gasteiger partial charge >= 0.3 is 5.97 Å². The largest absolute Gasteiger partial charge is 0.481 e. The van der Waals surface area contributed by atoms with Crippen LogP contribution in [0.3, 0.4) is 0 Å². The van der Waals surface area contributed by atoms with E-state index in [9.17, 15) is 42.0 Å². The van der Waals surface area contributed by atoms with Crippen LogP contribution in [0.1, 0.15) is 41.0 Å². The average molecular weight is 612 g/mol. The zero-order valence-electron chi connectivity index (χ0n) is 22.6. The van der Waals surface area contributed by atoms with E-state index in [1.165, 1.54) is 24.3 Å². The molecule has 1 aromatic heterocycles. The Morgan fingerprint density at radius 2 is 1.57 bits per heavy atom. The van der Waals surface area contributed by atoms with E-state index in [2.05, 4.69) is 0 Å². The van der Waals surface area contributed by atoms with Gasteiger partial charge in [-0.15, -0.1) is 0 Å². The molecule has 0 radical (unpaired) electrons. The van der Waals surface area contributed by atoms with Gasteiger partial charge in [-0.3, -0.25) is 4.79 Å². The van der Waals surface area contributed by atoms with E-state index in [1.807, 2.05) is 12.1 Å². The normalized spacial score (nSPS) is 16.0. The van der Waals surface area contributed by atoms with Crippen molar-refractivity contribution in [3.8, 4) is 34.5 Å². The number of aromatic nitrogens is 1. The zero-order valence-corrected chi connectivity index (χ0v) is 23.4. The number of nitriles is 2. The Morgan fingerprint density at radius 3 is 2.16 bits per heavy atom. The van der Waals surface area contributed by atoms with Gasteiger partial charge in [0.25, 0.3) is 16.4 Å². The number of rotatable bonds is 7. The van der Waals surface area contributed by atoms with E-state index in [4.69, 9.17) is 0 Å². The number of hydrogen-bond donors (Lipinski definition) is 1. The van der Waals surface area contributed by atoms with Gasteiger partial charge in [0.15, 0.2) is 0 Å². The van der Waals surface area contributed by atoms with Crippen molar-refractivity contribution in [2.75, 3.05) is 0 Å². The Hall–Kier alpha value is -5.39. The molecule has 0 amide bonds. The number of nitrogens with zero attached hydrogens (tertiary/aromatic N) is 3. The van der Waals surface area contributed by atoms with Crippen LogP contribution in [-0.2, 0) is 14.8 Å². The van der Waals surface area contributed by atoms with Crippen LogP contribution in [0, 0.1) is 34.4 Å². The molecule has 1 saturated carbocycles. The van der Waals surface area contributed by atoms with Crippen molar-refractivity contribution in [2.24, 2.45) is 5.92 Å². The van der Waals surface area contributed by atoms with Crippen molar-refractivity contribution in [3.05, 3.63) is 113 Å². The van der Waals surface area contributed by atoms with Crippen molar-refractivity contribution in [2.45, 2.75) is 23.7 Å².